The second-order valence-electron chi connectivity index (χ2n) is 6.60. The predicted molar refractivity (Wildman–Crippen MR) is 85.0 cm³/mol. The second-order valence-corrected chi connectivity index (χ2v) is 6.60. The molecule has 2 rings (SSSR count). The van der Waals surface area contributed by atoms with Crippen LogP contribution in [0.5, 0.6) is 0 Å². The van der Waals surface area contributed by atoms with Gasteiger partial charge in [-0.15, -0.1) is 13.2 Å². The topological polar surface area (TPSA) is 43.8 Å². The van der Waals surface area contributed by atoms with E-state index in [2.05, 4.69) is 18.1 Å². The van der Waals surface area contributed by atoms with Crippen molar-refractivity contribution in [2.24, 2.45) is 0 Å². The average molecular weight is 292 g/mol. The van der Waals surface area contributed by atoms with E-state index < -0.39 is 5.60 Å². The third kappa shape index (κ3) is 3.06. The molecule has 1 N–H and O–H groups in total. The summed E-state index contributed by atoms with van der Waals surface area (Å²) in [5.74, 6) is -0.133. The molecule has 0 radical (unpaired) electrons. The zero-order chi connectivity index (χ0) is 15.5. The first kappa shape index (κ1) is 16.2. The van der Waals surface area contributed by atoms with E-state index in [1.807, 2.05) is 12.2 Å². The van der Waals surface area contributed by atoms with E-state index >= 15 is 0 Å². The van der Waals surface area contributed by atoms with Crippen LogP contribution in [0.3, 0.4) is 0 Å². The number of nitrogens with zero attached hydrogens (tertiary/aromatic N) is 2. The molecule has 2 heterocycles. The lowest BCUT2D eigenvalue weighted by Gasteiger charge is -2.44. The molecule has 0 aromatic carbocycles. The molecule has 1 amide bonds. The predicted octanol–water partition coefficient (Wildman–Crippen LogP) is 1.96. The van der Waals surface area contributed by atoms with Crippen LogP contribution in [0.2, 0.25) is 0 Å². The van der Waals surface area contributed by atoms with Crippen LogP contribution in [-0.2, 0) is 4.79 Å². The number of piperidine rings is 1. The lowest BCUT2D eigenvalue weighted by atomic mass is 9.85. The normalized spacial score (nSPS) is 29.6. The largest absolute Gasteiger partial charge is 0.379 e. The van der Waals surface area contributed by atoms with Gasteiger partial charge in [0.25, 0.3) is 5.91 Å². The summed E-state index contributed by atoms with van der Waals surface area (Å²) in [5, 5.41) is 10.9. The first-order valence-electron chi connectivity index (χ1n) is 7.92. The number of carbonyl (C=O) groups excluding carboxylic acids is 1. The Morgan fingerprint density at radius 2 is 1.81 bits per heavy atom. The number of amides is 1. The van der Waals surface area contributed by atoms with Crippen molar-refractivity contribution in [2.45, 2.75) is 49.7 Å². The van der Waals surface area contributed by atoms with Crippen molar-refractivity contribution in [1.82, 2.24) is 9.80 Å². The van der Waals surface area contributed by atoms with Gasteiger partial charge in [0, 0.05) is 25.7 Å². The Bertz CT molecular complexity index is 411. The number of aliphatic hydroxyl groups is 1. The summed E-state index contributed by atoms with van der Waals surface area (Å²) in [6.07, 6.45) is 9.24. The van der Waals surface area contributed by atoms with E-state index in [1.165, 1.54) is 0 Å². The molecule has 2 saturated heterocycles. The van der Waals surface area contributed by atoms with E-state index in [0.29, 0.717) is 13.0 Å². The zero-order valence-corrected chi connectivity index (χ0v) is 13.2. The van der Waals surface area contributed by atoms with Gasteiger partial charge in [-0.25, -0.2) is 0 Å². The molecule has 0 aromatic rings. The number of rotatable bonds is 6. The van der Waals surface area contributed by atoms with Crippen LogP contribution in [0.4, 0.5) is 0 Å². The highest BCUT2D eigenvalue weighted by Crippen LogP contribution is 2.38. The average Bonchev–Trinajstić information content (AvgIpc) is 2.80. The molecule has 4 nitrogen and oxygen atoms in total. The number of hydrogen-bond donors (Lipinski definition) is 1. The molecule has 0 aromatic heterocycles. The Hall–Kier alpha value is -1.13. The van der Waals surface area contributed by atoms with Crippen molar-refractivity contribution < 1.29 is 9.90 Å². The Morgan fingerprint density at radius 3 is 2.43 bits per heavy atom. The van der Waals surface area contributed by atoms with Crippen molar-refractivity contribution in [2.75, 3.05) is 26.7 Å². The van der Waals surface area contributed by atoms with Gasteiger partial charge in [-0.05, 0) is 45.1 Å². The van der Waals surface area contributed by atoms with Gasteiger partial charge >= 0.3 is 0 Å². The fourth-order valence-electron chi connectivity index (χ4n) is 3.96. The van der Waals surface area contributed by atoms with Crippen LogP contribution < -0.4 is 0 Å². The Kier molecular flexibility index (Phi) is 4.89. The molecule has 0 spiro atoms. The van der Waals surface area contributed by atoms with Crippen LogP contribution in [0.15, 0.2) is 25.3 Å². The van der Waals surface area contributed by atoms with E-state index in [1.54, 1.807) is 11.9 Å². The van der Waals surface area contributed by atoms with Gasteiger partial charge in [-0.2, -0.15) is 0 Å². The summed E-state index contributed by atoms with van der Waals surface area (Å²) >= 11 is 0. The molecule has 1 atom stereocenters. The maximum absolute atomic E-state index is 12.4. The minimum absolute atomic E-state index is 0.0183. The molecule has 21 heavy (non-hydrogen) atoms. The van der Waals surface area contributed by atoms with Crippen LogP contribution in [0.25, 0.3) is 0 Å². The van der Waals surface area contributed by atoms with Gasteiger partial charge in [-0.1, -0.05) is 12.2 Å². The van der Waals surface area contributed by atoms with E-state index in [9.17, 15) is 9.90 Å². The van der Waals surface area contributed by atoms with E-state index in [0.717, 1.165) is 45.2 Å². The fourth-order valence-corrected chi connectivity index (χ4v) is 3.96. The maximum atomic E-state index is 12.4. The quantitative estimate of drug-likeness (QED) is 0.761. The number of β-amino-alcohol motifs (C(OH)–C–C–N with tert-alkyl or cyclic N) is 1. The summed E-state index contributed by atoms with van der Waals surface area (Å²) < 4.78 is 0. The SMILES string of the molecule is C=CCC1(CC=C)CCCN1CC1(O)CCCN(C)C1=O. The van der Waals surface area contributed by atoms with Gasteiger partial charge in [0.15, 0.2) is 5.60 Å². The number of carbonyl (C=O) groups is 1. The first-order valence-corrected chi connectivity index (χ1v) is 7.92. The third-order valence-electron chi connectivity index (χ3n) is 5.07. The summed E-state index contributed by atoms with van der Waals surface area (Å²) in [5.41, 5.74) is -1.25. The number of hydrogen-bond acceptors (Lipinski definition) is 3. The number of likely N-dealkylation sites (N-methyl/N-ethyl adjacent to an activating group) is 1. The maximum Gasteiger partial charge on any atom is 0.255 e. The molecular formula is C17H28N2O2. The zero-order valence-electron chi connectivity index (χ0n) is 13.2. The van der Waals surface area contributed by atoms with Crippen molar-refractivity contribution >= 4 is 5.91 Å². The van der Waals surface area contributed by atoms with E-state index in [4.69, 9.17) is 0 Å². The highest BCUT2D eigenvalue weighted by molar-refractivity contribution is 5.85. The molecular weight excluding hydrogens is 264 g/mol. The molecule has 4 heteroatoms. The van der Waals surface area contributed by atoms with Crippen molar-refractivity contribution in [3.63, 3.8) is 0 Å². The first-order chi connectivity index (χ1) is 9.97. The molecule has 2 fully saturated rings. The third-order valence-corrected chi connectivity index (χ3v) is 5.07. The highest BCUT2D eigenvalue weighted by Gasteiger charge is 2.47. The van der Waals surface area contributed by atoms with E-state index in [-0.39, 0.29) is 11.4 Å². The van der Waals surface area contributed by atoms with Crippen LogP contribution in [0, 0.1) is 0 Å². The summed E-state index contributed by atoms with van der Waals surface area (Å²) in [4.78, 5) is 16.3. The monoisotopic (exact) mass is 292 g/mol. The van der Waals surface area contributed by atoms with Crippen molar-refractivity contribution in [1.29, 1.82) is 0 Å². The molecule has 2 aliphatic heterocycles. The summed E-state index contributed by atoms with van der Waals surface area (Å²) in [6, 6.07) is 0. The number of likely N-dealkylation sites (tertiary alicyclic amines) is 2. The fraction of sp³-hybridized carbons (Fsp3) is 0.706. The van der Waals surface area contributed by atoms with Gasteiger partial charge in [0.2, 0.25) is 0 Å². The molecule has 0 aliphatic carbocycles. The lowest BCUT2D eigenvalue weighted by molar-refractivity contribution is -0.159. The highest BCUT2D eigenvalue weighted by atomic mass is 16.3. The molecule has 0 bridgehead atoms. The summed E-state index contributed by atoms with van der Waals surface area (Å²) in [7, 11) is 1.77. The van der Waals surface area contributed by atoms with Gasteiger partial charge in [0.1, 0.15) is 0 Å². The Morgan fingerprint density at radius 1 is 1.19 bits per heavy atom. The minimum Gasteiger partial charge on any atom is -0.379 e. The smallest absolute Gasteiger partial charge is 0.255 e. The molecule has 2 aliphatic rings. The second kappa shape index (κ2) is 6.32. The van der Waals surface area contributed by atoms with Crippen molar-refractivity contribution in [3.05, 3.63) is 25.3 Å². The molecule has 1 unspecified atom stereocenters. The van der Waals surface area contributed by atoms with Gasteiger partial charge in [0.05, 0.1) is 0 Å². The Labute approximate surface area is 128 Å². The summed E-state index contributed by atoms with van der Waals surface area (Å²) in [6.45, 7) is 9.86. The van der Waals surface area contributed by atoms with Crippen molar-refractivity contribution in [3.8, 4) is 0 Å². The Balaban J connectivity index is 2.17. The van der Waals surface area contributed by atoms with Crippen LogP contribution >= 0.6 is 0 Å². The molecule has 0 saturated carbocycles. The van der Waals surface area contributed by atoms with Crippen LogP contribution in [-0.4, -0.2) is 58.6 Å². The van der Waals surface area contributed by atoms with Crippen LogP contribution in [0.1, 0.15) is 38.5 Å². The minimum atomic E-state index is -1.23. The van der Waals surface area contributed by atoms with Gasteiger partial charge < -0.3 is 10.0 Å². The molecule has 118 valence electrons. The van der Waals surface area contributed by atoms with Gasteiger partial charge in [-0.3, -0.25) is 9.69 Å². The lowest BCUT2D eigenvalue weighted by Crippen LogP contribution is -2.60. The standard InChI is InChI=1S/C17H28N2O2/c1-4-8-16(9-5-2)10-6-13-19(16)14-17(21)11-7-12-18(3)15(17)20/h4-5,21H,1-2,6-14H2,3H3.